The van der Waals surface area contributed by atoms with Gasteiger partial charge in [0.15, 0.2) is 0 Å². The van der Waals surface area contributed by atoms with Gasteiger partial charge in [0.05, 0.1) is 6.10 Å². The Morgan fingerprint density at radius 3 is 2.35 bits per heavy atom. The zero-order chi connectivity index (χ0) is 14.1. The maximum atomic E-state index is 10.2. The van der Waals surface area contributed by atoms with Crippen molar-refractivity contribution in [1.82, 2.24) is 5.32 Å². The Labute approximate surface area is 130 Å². The van der Waals surface area contributed by atoms with Crippen molar-refractivity contribution in [2.75, 3.05) is 13.1 Å². The molecule has 2 aliphatic carbocycles. The molecule has 2 nitrogen and oxygen atoms in total. The van der Waals surface area contributed by atoms with E-state index in [1.807, 2.05) is 0 Å². The zero-order valence-corrected chi connectivity index (χ0v) is 13.0. The summed E-state index contributed by atoms with van der Waals surface area (Å²) >= 11 is 12.1. The summed E-state index contributed by atoms with van der Waals surface area (Å²) in [5, 5.41) is 14.8. The van der Waals surface area contributed by atoms with Gasteiger partial charge in [0.1, 0.15) is 0 Å². The lowest BCUT2D eigenvalue weighted by Gasteiger charge is -2.19. The third kappa shape index (κ3) is 3.67. The van der Waals surface area contributed by atoms with Crippen LogP contribution in [0.4, 0.5) is 0 Å². The molecule has 0 aromatic heterocycles. The monoisotopic (exact) mass is 313 g/mol. The molecule has 4 heteroatoms. The van der Waals surface area contributed by atoms with Crippen molar-refractivity contribution >= 4 is 23.2 Å². The van der Waals surface area contributed by atoms with E-state index in [1.54, 1.807) is 18.2 Å². The summed E-state index contributed by atoms with van der Waals surface area (Å²) in [6, 6.07) is 5.22. The van der Waals surface area contributed by atoms with Crippen LogP contribution >= 0.6 is 23.2 Å². The van der Waals surface area contributed by atoms with E-state index in [2.05, 4.69) is 5.32 Å². The van der Waals surface area contributed by atoms with Gasteiger partial charge in [0.2, 0.25) is 0 Å². The number of aliphatic hydroxyl groups excluding tert-OH is 1. The van der Waals surface area contributed by atoms with Crippen LogP contribution < -0.4 is 5.32 Å². The lowest BCUT2D eigenvalue weighted by atomic mass is 9.98. The molecule has 0 saturated heterocycles. The van der Waals surface area contributed by atoms with E-state index < -0.39 is 6.10 Å². The standard InChI is InChI=1S/C16H21Cl2NO/c17-12-5-6-15(18)13(7-12)16(20)9-19-8-14(10-1-2-10)11-3-4-11/h5-7,10-11,14,16,19-20H,1-4,8-9H2. The van der Waals surface area contributed by atoms with Gasteiger partial charge in [0.25, 0.3) is 0 Å². The number of nitrogens with one attached hydrogen (secondary N) is 1. The molecule has 1 aromatic rings. The van der Waals surface area contributed by atoms with E-state index >= 15 is 0 Å². The first kappa shape index (κ1) is 14.6. The summed E-state index contributed by atoms with van der Waals surface area (Å²) in [6.07, 6.45) is 4.98. The lowest BCUT2D eigenvalue weighted by Crippen LogP contribution is -2.29. The molecule has 0 amide bonds. The van der Waals surface area contributed by atoms with Crippen LogP contribution in [0.15, 0.2) is 18.2 Å². The maximum Gasteiger partial charge on any atom is 0.0929 e. The highest BCUT2D eigenvalue weighted by Gasteiger charge is 2.40. The zero-order valence-electron chi connectivity index (χ0n) is 11.5. The van der Waals surface area contributed by atoms with Crippen LogP contribution in [0, 0.1) is 17.8 Å². The smallest absolute Gasteiger partial charge is 0.0929 e. The topological polar surface area (TPSA) is 32.3 Å². The molecule has 110 valence electrons. The summed E-state index contributed by atoms with van der Waals surface area (Å²) < 4.78 is 0. The molecule has 0 bridgehead atoms. The number of benzene rings is 1. The molecule has 1 unspecified atom stereocenters. The minimum absolute atomic E-state index is 0.538. The van der Waals surface area contributed by atoms with Crippen LogP contribution in [0.25, 0.3) is 0 Å². The fourth-order valence-electron chi connectivity index (χ4n) is 3.03. The SMILES string of the molecule is OC(CNCC(C1CC1)C1CC1)c1cc(Cl)ccc1Cl. The van der Waals surface area contributed by atoms with Crippen molar-refractivity contribution in [3.05, 3.63) is 33.8 Å². The van der Waals surface area contributed by atoms with E-state index in [4.69, 9.17) is 23.2 Å². The highest BCUT2D eigenvalue weighted by molar-refractivity contribution is 6.33. The van der Waals surface area contributed by atoms with E-state index in [9.17, 15) is 5.11 Å². The summed E-state index contributed by atoms with van der Waals surface area (Å²) in [7, 11) is 0. The molecule has 20 heavy (non-hydrogen) atoms. The van der Waals surface area contributed by atoms with Crippen molar-refractivity contribution < 1.29 is 5.11 Å². The number of rotatable bonds is 7. The molecule has 2 N–H and O–H groups in total. The third-order valence-corrected chi connectivity index (χ3v) is 5.07. The molecule has 0 radical (unpaired) electrons. The fraction of sp³-hybridized carbons (Fsp3) is 0.625. The molecular weight excluding hydrogens is 293 g/mol. The van der Waals surface area contributed by atoms with E-state index in [0.29, 0.717) is 22.2 Å². The Morgan fingerprint density at radius 1 is 1.10 bits per heavy atom. The van der Waals surface area contributed by atoms with Gasteiger partial charge in [-0.05, 0) is 68.2 Å². The van der Waals surface area contributed by atoms with Crippen molar-refractivity contribution in [2.24, 2.45) is 17.8 Å². The summed E-state index contributed by atoms with van der Waals surface area (Å²) in [4.78, 5) is 0. The number of hydrogen-bond acceptors (Lipinski definition) is 2. The molecular formula is C16H21Cl2NO. The fourth-order valence-corrected chi connectivity index (χ4v) is 3.46. The third-order valence-electron chi connectivity index (χ3n) is 4.49. The lowest BCUT2D eigenvalue weighted by molar-refractivity contribution is 0.171. The van der Waals surface area contributed by atoms with Gasteiger partial charge >= 0.3 is 0 Å². The maximum absolute atomic E-state index is 10.2. The highest BCUT2D eigenvalue weighted by atomic mass is 35.5. The second-order valence-electron chi connectivity index (χ2n) is 6.18. The van der Waals surface area contributed by atoms with Gasteiger partial charge in [-0.1, -0.05) is 23.2 Å². The molecule has 1 aromatic carbocycles. The predicted molar refractivity (Wildman–Crippen MR) is 83.2 cm³/mol. The molecule has 3 rings (SSSR count). The molecule has 0 spiro atoms. The van der Waals surface area contributed by atoms with E-state index in [0.717, 1.165) is 24.3 Å². The van der Waals surface area contributed by atoms with Crippen molar-refractivity contribution in [3.63, 3.8) is 0 Å². The minimum atomic E-state index is -0.597. The van der Waals surface area contributed by atoms with Crippen LogP contribution in [-0.2, 0) is 0 Å². The Bertz CT molecular complexity index is 460. The molecule has 2 aliphatic rings. The summed E-state index contributed by atoms with van der Waals surface area (Å²) in [5.74, 6) is 2.68. The molecule has 1 atom stereocenters. The van der Waals surface area contributed by atoms with Crippen LogP contribution in [-0.4, -0.2) is 18.2 Å². The van der Waals surface area contributed by atoms with Crippen molar-refractivity contribution in [2.45, 2.75) is 31.8 Å². The minimum Gasteiger partial charge on any atom is -0.387 e. The van der Waals surface area contributed by atoms with Crippen molar-refractivity contribution in [1.29, 1.82) is 0 Å². The molecule has 2 saturated carbocycles. The largest absolute Gasteiger partial charge is 0.387 e. The van der Waals surface area contributed by atoms with Crippen LogP contribution in [0.2, 0.25) is 10.0 Å². The first-order valence-corrected chi connectivity index (χ1v) is 8.24. The van der Waals surface area contributed by atoms with Gasteiger partial charge in [0, 0.05) is 22.2 Å². The number of aliphatic hydroxyl groups is 1. The number of hydrogen-bond donors (Lipinski definition) is 2. The predicted octanol–water partition coefficient (Wildman–Crippen LogP) is 4.05. The van der Waals surface area contributed by atoms with Crippen LogP contribution in [0.3, 0.4) is 0 Å². The van der Waals surface area contributed by atoms with Gasteiger partial charge in [-0.2, -0.15) is 0 Å². The first-order chi connectivity index (χ1) is 9.65. The normalized spacial score (nSPS) is 20.4. The molecule has 0 heterocycles. The van der Waals surface area contributed by atoms with Crippen molar-refractivity contribution in [3.8, 4) is 0 Å². The Balaban J connectivity index is 1.51. The Hall–Kier alpha value is -0.280. The van der Waals surface area contributed by atoms with E-state index in [1.165, 1.54) is 25.7 Å². The van der Waals surface area contributed by atoms with Gasteiger partial charge < -0.3 is 10.4 Å². The quantitative estimate of drug-likeness (QED) is 0.796. The molecule has 2 fully saturated rings. The molecule has 0 aliphatic heterocycles. The van der Waals surface area contributed by atoms with E-state index in [-0.39, 0.29) is 0 Å². The van der Waals surface area contributed by atoms with Gasteiger partial charge in [-0.3, -0.25) is 0 Å². The van der Waals surface area contributed by atoms with Gasteiger partial charge in [-0.15, -0.1) is 0 Å². The average Bonchev–Trinajstić information content (AvgIpc) is 3.29. The number of halogens is 2. The highest BCUT2D eigenvalue weighted by Crippen LogP contribution is 2.48. The van der Waals surface area contributed by atoms with Crippen LogP contribution in [0.1, 0.15) is 37.4 Å². The second kappa shape index (κ2) is 6.23. The first-order valence-electron chi connectivity index (χ1n) is 7.49. The van der Waals surface area contributed by atoms with Gasteiger partial charge in [-0.25, -0.2) is 0 Å². The Morgan fingerprint density at radius 2 is 1.75 bits per heavy atom. The Kier molecular flexibility index (Phi) is 4.56. The summed E-state index contributed by atoms with van der Waals surface area (Å²) in [5.41, 5.74) is 0.709. The summed E-state index contributed by atoms with van der Waals surface area (Å²) in [6.45, 7) is 1.56. The average molecular weight is 314 g/mol. The second-order valence-corrected chi connectivity index (χ2v) is 7.02. The van der Waals surface area contributed by atoms with Crippen LogP contribution in [0.5, 0.6) is 0 Å².